The molecule has 0 aliphatic rings. The molecule has 20 heavy (non-hydrogen) atoms. The summed E-state index contributed by atoms with van der Waals surface area (Å²) in [5.41, 5.74) is 4.20. The number of pyridine rings is 1. The Labute approximate surface area is 117 Å². The third-order valence-corrected chi connectivity index (χ3v) is 3.70. The normalized spacial score (nSPS) is 10.9. The Morgan fingerprint density at radius 1 is 1.15 bits per heavy atom. The Hall–Kier alpha value is -2.42. The highest BCUT2D eigenvalue weighted by Gasteiger charge is 2.11. The van der Waals surface area contributed by atoms with Crippen molar-refractivity contribution < 1.29 is 4.79 Å². The standard InChI is InChI=1S/C17H16N2O/c1-10-8-16(19-12(3)20)14-9-18-15-7-5-4-6-13(15)17(14)11(10)2/h4-9H,1-3H3,(H,19,20). The number of fused-ring (bicyclic) bond motifs is 3. The molecule has 1 heterocycles. The van der Waals surface area contributed by atoms with Crippen molar-refractivity contribution in [3.63, 3.8) is 0 Å². The van der Waals surface area contributed by atoms with Crippen LogP contribution in [0, 0.1) is 13.8 Å². The number of aryl methyl sites for hydroxylation is 2. The number of carbonyl (C=O) groups excluding carboxylic acids is 1. The van der Waals surface area contributed by atoms with E-state index in [1.54, 1.807) is 0 Å². The summed E-state index contributed by atoms with van der Waals surface area (Å²) in [5.74, 6) is -0.0669. The third kappa shape index (κ3) is 1.92. The molecular weight excluding hydrogens is 248 g/mol. The predicted octanol–water partition coefficient (Wildman–Crippen LogP) is 3.96. The molecule has 0 saturated carbocycles. The number of rotatable bonds is 1. The van der Waals surface area contributed by atoms with E-state index in [0.29, 0.717) is 0 Å². The molecule has 2 aromatic carbocycles. The monoisotopic (exact) mass is 264 g/mol. The quantitative estimate of drug-likeness (QED) is 0.676. The second-order valence-electron chi connectivity index (χ2n) is 5.11. The van der Waals surface area contributed by atoms with Gasteiger partial charge in [0.05, 0.1) is 11.2 Å². The van der Waals surface area contributed by atoms with Crippen LogP contribution in [0.4, 0.5) is 5.69 Å². The molecule has 0 atom stereocenters. The SMILES string of the molecule is CC(=O)Nc1cc(C)c(C)c2c1cnc1ccccc12. The molecule has 0 aliphatic carbocycles. The largest absolute Gasteiger partial charge is 0.326 e. The summed E-state index contributed by atoms with van der Waals surface area (Å²) in [7, 11) is 0. The molecular formula is C17H16N2O. The minimum absolute atomic E-state index is 0.0669. The Balaban J connectivity index is 2.48. The van der Waals surface area contributed by atoms with Crippen molar-refractivity contribution in [1.29, 1.82) is 0 Å². The van der Waals surface area contributed by atoms with E-state index in [1.807, 2.05) is 30.5 Å². The fourth-order valence-electron chi connectivity index (χ4n) is 2.64. The van der Waals surface area contributed by atoms with Crippen LogP contribution in [0.25, 0.3) is 21.7 Å². The lowest BCUT2D eigenvalue weighted by molar-refractivity contribution is -0.114. The highest BCUT2D eigenvalue weighted by molar-refractivity contribution is 6.13. The lowest BCUT2D eigenvalue weighted by Crippen LogP contribution is -2.07. The van der Waals surface area contributed by atoms with Crippen LogP contribution in [-0.2, 0) is 4.79 Å². The van der Waals surface area contributed by atoms with Gasteiger partial charge in [0.2, 0.25) is 5.91 Å². The van der Waals surface area contributed by atoms with E-state index in [4.69, 9.17) is 0 Å². The Morgan fingerprint density at radius 2 is 1.90 bits per heavy atom. The van der Waals surface area contributed by atoms with Gasteiger partial charge in [-0.25, -0.2) is 0 Å². The zero-order chi connectivity index (χ0) is 14.3. The van der Waals surface area contributed by atoms with Crippen molar-refractivity contribution in [2.75, 3.05) is 5.32 Å². The molecule has 0 aliphatic heterocycles. The minimum atomic E-state index is -0.0669. The van der Waals surface area contributed by atoms with Crippen molar-refractivity contribution >= 4 is 33.3 Å². The molecule has 3 heteroatoms. The van der Waals surface area contributed by atoms with Crippen molar-refractivity contribution in [3.05, 3.63) is 47.7 Å². The van der Waals surface area contributed by atoms with Gasteiger partial charge in [0.25, 0.3) is 0 Å². The van der Waals surface area contributed by atoms with Gasteiger partial charge in [-0.3, -0.25) is 9.78 Å². The van der Waals surface area contributed by atoms with Crippen LogP contribution in [0.15, 0.2) is 36.5 Å². The Kier molecular flexibility index (Phi) is 2.90. The molecule has 0 fully saturated rings. The average Bonchev–Trinajstić information content (AvgIpc) is 2.43. The number of nitrogens with one attached hydrogen (secondary N) is 1. The molecule has 0 saturated heterocycles. The summed E-state index contributed by atoms with van der Waals surface area (Å²) in [5, 5.41) is 6.18. The molecule has 100 valence electrons. The topological polar surface area (TPSA) is 42.0 Å². The molecule has 1 amide bonds. The van der Waals surface area contributed by atoms with Crippen LogP contribution in [0.3, 0.4) is 0 Å². The molecule has 3 nitrogen and oxygen atoms in total. The van der Waals surface area contributed by atoms with Gasteiger partial charge in [0.15, 0.2) is 0 Å². The summed E-state index contributed by atoms with van der Waals surface area (Å²) in [6, 6.07) is 10.1. The molecule has 0 bridgehead atoms. The van der Waals surface area contributed by atoms with Gasteiger partial charge in [0.1, 0.15) is 0 Å². The van der Waals surface area contributed by atoms with Crippen LogP contribution in [0.5, 0.6) is 0 Å². The maximum Gasteiger partial charge on any atom is 0.221 e. The zero-order valence-electron chi connectivity index (χ0n) is 11.8. The van der Waals surface area contributed by atoms with Crippen LogP contribution < -0.4 is 5.32 Å². The third-order valence-electron chi connectivity index (χ3n) is 3.70. The smallest absolute Gasteiger partial charge is 0.221 e. The van der Waals surface area contributed by atoms with Crippen LogP contribution in [-0.4, -0.2) is 10.9 Å². The number of para-hydroxylation sites is 1. The van der Waals surface area contributed by atoms with Crippen LogP contribution in [0.1, 0.15) is 18.1 Å². The minimum Gasteiger partial charge on any atom is -0.326 e. The van der Waals surface area contributed by atoms with Gasteiger partial charge in [-0.1, -0.05) is 18.2 Å². The van der Waals surface area contributed by atoms with Crippen LogP contribution >= 0.6 is 0 Å². The highest BCUT2D eigenvalue weighted by Crippen LogP contribution is 2.33. The zero-order valence-corrected chi connectivity index (χ0v) is 11.8. The van der Waals surface area contributed by atoms with E-state index < -0.39 is 0 Å². The number of hydrogen-bond acceptors (Lipinski definition) is 2. The highest BCUT2D eigenvalue weighted by atomic mass is 16.1. The second-order valence-corrected chi connectivity index (χ2v) is 5.11. The first-order valence-electron chi connectivity index (χ1n) is 6.63. The van der Waals surface area contributed by atoms with E-state index >= 15 is 0 Å². The van der Waals surface area contributed by atoms with Crippen molar-refractivity contribution in [1.82, 2.24) is 4.98 Å². The van der Waals surface area contributed by atoms with Gasteiger partial charge in [-0.15, -0.1) is 0 Å². The lowest BCUT2D eigenvalue weighted by Gasteiger charge is -2.14. The molecule has 3 aromatic rings. The Bertz CT molecular complexity index is 837. The first-order chi connectivity index (χ1) is 9.58. The molecule has 1 N–H and O–H groups in total. The van der Waals surface area contributed by atoms with Gasteiger partial charge < -0.3 is 5.32 Å². The van der Waals surface area contributed by atoms with Gasteiger partial charge in [0, 0.05) is 23.9 Å². The van der Waals surface area contributed by atoms with Gasteiger partial charge >= 0.3 is 0 Å². The second kappa shape index (κ2) is 4.60. The molecule has 0 unspecified atom stereocenters. The molecule has 1 aromatic heterocycles. The first-order valence-corrected chi connectivity index (χ1v) is 6.63. The van der Waals surface area contributed by atoms with E-state index in [-0.39, 0.29) is 5.91 Å². The number of aromatic nitrogens is 1. The maximum atomic E-state index is 11.4. The summed E-state index contributed by atoms with van der Waals surface area (Å²) >= 11 is 0. The Morgan fingerprint density at radius 3 is 2.65 bits per heavy atom. The number of hydrogen-bond donors (Lipinski definition) is 1. The first kappa shape index (κ1) is 12.6. The summed E-state index contributed by atoms with van der Waals surface area (Å²) < 4.78 is 0. The molecule has 3 rings (SSSR count). The molecule has 0 radical (unpaired) electrons. The maximum absolute atomic E-state index is 11.4. The number of carbonyl (C=O) groups is 1. The van der Waals surface area contributed by atoms with E-state index in [0.717, 1.165) is 27.5 Å². The van der Waals surface area contributed by atoms with Crippen molar-refractivity contribution in [2.24, 2.45) is 0 Å². The molecule has 0 spiro atoms. The average molecular weight is 264 g/mol. The van der Waals surface area contributed by atoms with Gasteiger partial charge in [-0.2, -0.15) is 0 Å². The summed E-state index contributed by atoms with van der Waals surface area (Å²) in [6.45, 7) is 5.70. The van der Waals surface area contributed by atoms with E-state index in [1.165, 1.54) is 17.9 Å². The fourth-order valence-corrected chi connectivity index (χ4v) is 2.64. The summed E-state index contributed by atoms with van der Waals surface area (Å²) in [4.78, 5) is 15.9. The fraction of sp³-hybridized carbons (Fsp3) is 0.176. The predicted molar refractivity (Wildman–Crippen MR) is 83.0 cm³/mol. The van der Waals surface area contributed by atoms with Gasteiger partial charge in [-0.05, 0) is 42.5 Å². The van der Waals surface area contributed by atoms with E-state index in [2.05, 4.69) is 30.2 Å². The van der Waals surface area contributed by atoms with Crippen molar-refractivity contribution in [3.8, 4) is 0 Å². The van der Waals surface area contributed by atoms with Crippen molar-refractivity contribution in [2.45, 2.75) is 20.8 Å². The number of nitrogens with zero attached hydrogens (tertiary/aromatic N) is 1. The lowest BCUT2D eigenvalue weighted by atomic mass is 9.97. The van der Waals surface area contributed by atoms with Crippen LogP contribution in [0.2, 0.25) is 0 Å². The number of amides is 1. The summed E-state index contributed by atoms with van der Waals surface area (Å²) in [6.07, 6.45) is 1.84. The number of benzene rings is 2. The number of anilines is 1. The van der Waals surface area contributed by atoms with E-state index in [9.17, 15) is 4.79 Å².